The molecule has 1 aromatic carbocycles. The third-order valence-corrected chi connectivity index (χ3v) is 4.89. The van der Waals surface area contributed by atoms with Gasteiger partial charge < -0.3 is 15.4 Å². The van der Waals surface area contributed by atoms with E-state index >= 15 is 0 Å². The molecule has 1 saturated carbocycles. The van der Waals surface area contributed by atoms with E-state index in [4.69, 9.17) is 10.5 Å². The van der Waals surface area contributed by atoms with Gasteiger partial charge in [0, 0.05) is 13.2 Å². The molecule has 4 nitrogen and oxygen atoms in total. The third-order valence-electron chi connectivity index (χ3n) is 4.89. The van der Waals surface area contributed by atoms with E-state index in [1.165, 1.54) is 30.4 Å². The summed E-state index contributed by atoms with van der Waals surface area (Å²) in [7, 11) is 0. The van der Waals surface area contributed by atoms with Crippen molar-refractivity contribution in [1.82, 2.24) is 4.90 Å². The van der Waals surface area contributed by atoms with Crippen LogP contribution in [0.5, 0.6) is 0 Å². The summed E-state index contributed by atoms with van der Waals surface area (Å²) in [5, 5.41) is 0. The number of nitrogens with two attached hydrogens (primary N) is 1. The van der Waals surface area contributed by atoms with Crippen LogP contribution in [0, 0.1) is 0 Å². The molecule has 1 aliphatic carbocycles. The molecule has 21 heavy (non-hydrogen) atoms. The molecule has 1 saturated heterocycles. The lowest BCUT2D eigenvalue weighted by Crippen LogP contribution is -2.41. The Hall–Kier alpha value is -1.55. The molecule has 2 atom stereocenters. The van der Waals surface area contributed by atoms with Gasteiger partial charge in [0.05, 0.1) is 18.7 Å². The van der Waals surface area contributed by atoms with Crippen LogP contribution in [0.4, 0.5) is 0 Å². The van der Waals surface area contributed by atoms with E-state index in [-0.39, 0.29) is 0 Å². The SMILES string of the molecule is NC1=NCC(c2ccccc2C2CC2)N1CC1CCCO1. The maximum atomic E-state index is 6.15. The van der Waals surface area contributed by atoms with E-state index in [1.807, 2.05) is 0 Å². The normalized spacial score (nSPS) is 29.0. The highest BCUT2D eigenvalue weighted by Crippen LogP contribution is 2.44. The summed E-state index contributed by atoms with van der Waals surface area (Å²) >= 11 is 0. The number of nitrogens with zero attached hydrogens (tertiary/aromatic N) is 2. The fraction of sp³-hybridized carbons (Fsp3) is 0.588. The molecule has 4 rings (SSSR count). The first-order valence-corrected chi connectivity index (χ1v) is 8.10. The quantitative estimate of drug-likeness (QED) is 0.924. The zero-order chi connectivity index (χ0) is 14.2. The van der Waals surface area contributed by atoms with Gasteiger partial charge in [-0.3, -0.25) is 4.99 Å². The summed E-state index contributed by atoms with van der Waals surface area (Å²) < 4.78 is 5.79. The summed E-state index contributed by atoms with van der Waals surface area (Å²) in [4.78, 5) is 6.76. The van der Waals surface area contributed by atoms with Crippen LogP contribution in [0.3, 0.4) is 0 Å². The largest absolute Gasteiger partial charge is 0.376 e. The van der Waals surface area contributed by atoms with Gasteiger partial charge in [0.2, 0.25) is 0 Å². The van der Waals surface area contributed by atoms with Gasteiger partial charge in [0.15, 0.2) is 5.96 Å². The summed E-state index contributed by atoms with van der Waals surface area (Å²) in [6.45, 7) is 2.54. The number of benzene rings is 1. The van der Waals surface area contributed by atoms with Gasteiger partial charge in [-0.05, 0) is 42.7 Å². The summed E-state index contributed by atoms with van der Waals surface area (Å²) in [6, 6.07) is 9.13. The molecule has 2 unspecified atom stereocenters. The first-order chi connectivity index (χ1) is 10.3. The molecule has 0 amide bonds. The zero-order valence-electron chi connectivity index (χ0n) is 12.4. The fourth-order valence-corrected chi connectivity index (χ4v) is 3.60. The smallest absolute Gasteiger partial charge is 0.192 e. The van der Waals surface area contributed by atoms with Crippen LogP contribution < -0.4 is 5.73 Å². The van der Waals surface area contributed by atoms with Crippen LogP contribution in [0.15, 0.2) is 29.3 Å². The zero-order valence-corrected chi connectivity index (χ0v) is 12.4. The Bertz CT molecular complexity index is 547. The summed E-state index contributed by atoms with van der Waals surface area (Å²) in [5.74, 6) is 1.44. The van der Waals surface area contributed by atoms with Gasteiger partial charge in [-0.15, -0.1) is 0 Å². The number of ether oxygens (including phenoxy) is 1. The van der Waals surface area contributed by atoms with Crippen molar-refractivity contribution < 1.29 is 4.74 Å². The van der Waals surface area contributed by atoms with Gasteiger partial charge in [-0.1, -0.05) is 24.3 Å². The predicted octanol–water partition coefficient (Wildman–Crippen LogP) is 2.41. The van der Waals surface area contributed by atoms with E-state index in [1.54, 1.807) is 0 Å². The summed E-state index contributed by atoms with van der Waals surface area (Å²) in [5.41, 5.74) is 9.07. The Morgan fingerprint density at radius 2 is 2.00 bits per heavy atom. The number of guanidine groups is 1. The fourth-order valence-electron chi connectivity index (χ4n) is 3.60. The second-order valence-corrected chi connectivity index (χ2v) is 6.41. The molecular weight excluding hydrogens is 262 g/mol. The Morgan fingerprint density at radius 3 is 2.71 bits per heavy atom. The van der Waals surface area contributed by atoms with Gasteiger partial charge in [0.1, 0.15) is 0 Å². The molecule has 4 heteroatoms. The van der Waals surface area contributed by atoms with Crippen molar-refractivity contribution in [3.8, 4) is 0 Å². The molecule has 0 bridgehead atoms. The average molecular weight is 285 g/mol. The van der Waals surface area contributed by atoms with Gasteiger partial charge >= 0.3 is 0 Å². The molecule has 0 radical (unpaired) electrons. The van der Waals surface area contributed by atoms with E-state index in [0.29, 0.717) is 18.1 Å². The minimum absolute atomic E-state index is 0.297. The predicted molar refractivity (Wildman–Crippen MR) is 83.3 cm³/mol. The molecule has 2 N–H and O–H groups in total. The van der Waals surface area contributed by atoms with Crippen LogP contribution in [-0.4, -0.2) is 36.7 Å². The second kappa shape index (κ2) is 5.34. The van der Waals surface area contributed by atoms with Crippen molar-refractivity contribution in [3.05, 3.63) is 35.4 Å². The molecule has 1 aromatic rings. The van der Waals surface area contributed by atoms with Gasteiger partial charge in [-0.2, -0.15) is 0 Å². The number of hydrogen-bond acceptors (Lipinski definition) is 4. The maximum absolute atomic E-state index is 6.15. The minimum Gasteiger partial charge on any atom is -0.376 e. The Morgan fingerprint density at radius 1 is 1.19 bits per heavy atom. The topological polar surface area (TPSA) is 50.8 Å². The summed E-state index contributed by atoms with van der Waals surface area (Å²) in [6.07, 6.45) is 5.27. The van der Waals surface area contributed by atoms with Gasteiger partial charge in [0.25, 0.3) is 0 Å². The maximum Gasteiger partial charge on any atom is 0.192 e. The second-order valence-electron chi connectivity index (χ2n) is 6.41. The Balaban J connectivity index is 1.58. The highest BCUT2D eigenvalue weighted by atomic mass is 16.5. The van der Waals surface area contributed by atoms with Crippen LogP contribution in [0.1, 0.15) is 48.8 Å². The molecular formula is C17H23N3O. The molecule has 0 spiro atoms. The van der Waals surface area contributed by atoms with E-state index < -0.39 is 0 Å². The number of hydrogen-bond donors (Lipinski definition) is 1. The van der Waals surface area contributed by atoms with E-state index in [0.717, 1.165) is 32.0 Å². The Labute approximate surface area is 126 Å². The van der Waals surface area contributed by atoms with Crippen molar-refractivity contribution in [3.63, 3.8) is 0 Å². The standard InChI is InChI=1S/C17H23N3O/c18-17-19-10-16(20(17)11-13-4-3-9-21-13)15-6-2-1-5-14(15)12-7-8-12/h1-2,5-6,12-13,16H,3-4,7-11H2,(H2,18,19). The van der Waals surface area contributed by atoms with Crippen molar-refractivity contribution in [2.24, 2.45) is 10.7 Å². The lowest BCUT2D eigenvalue weighted by molar-refractivity contribution is 0.0852. The molecule has 3 aliphatic rings. The van der Waals surface area contributed by atoms with Crippen molar-refractivity contribution in [1.29, 1.82) is 0 Å². The van der Waals surface area contributed by atoms with Gasteiger partial charge in [-0.25, -0.2) is 0 Å². The van der Waals surface area contributed by atoms with Crippen LogP contribution in [0.2, 0.25) is 0 Å². The molecule has 2 aliphatic heterocycles. The minimum atomic E-state index is 0.297. The first kappa shape index (κ1) is 13.1. The third kappa shape index (κ3) is 2.53. The van der Waals surface area contributed by atoms with Crippen LogP contribution in [0.25, 0.3) is 0 Å². The van der Waals surface area contributed by atoms with Crippen molar-refractivity contribution >= 4 is 5.96 Å². The van der Waals surface area contributed by atoms with E-state index in [2.05, 4.69) is 34.2 Å². The van der Waals surface area contributed by atoms with Crippen molar-refractivity contribution in [2.75, 3.05) is 19.7 Å². The van der Waals surface area contributed by atoms with Crippen LogP contribution >= 0.6 is 0 Å². The number of rotatable bonds is 4. The lowest BCUT2D eigenvalue weighted by Gasteiger charge is -2.30. The first-order valence-electron chi connectivity index (χ1n) is 8.10. The van der Waals surface area contributed by atoms with Crippen LogP contribution in [-0.2, 0) is 4.74 Å². The highest BCUT2D eigenvalue weighted by molar-refractivity contribution is 5.80. The lowest BCUT2D eigenvalue weighted by atomic mass is 9.96. The Kier molecular flexibility index (Phi) is 3.34. The van der Waals surface area contributed by atoms with Crippen molar-refractivity contribution in [2.45, 2.75) is 43.7 Å². The van der Waals surface area contributed by atoms with E-state index in [9.17, 15) is 0 Å². The highest BCUT2D eigenvalue weighted by Gasteiger charge is 2.34. The molecule has 0 aromatic heterocycles. The number of aliphatic imine (C=N–C) groups is 1. The average Bonchev–Trinajstić information content (AvgIpc) is 3.12. The monoisotopic (exact) mass is 285 g/mol. The molecule has 2 heterocycles. The molecule has 2 fully saturated rings. The molecule has 112 valence electrons.